The molecule has 1 aliphatic heterocycles. The van der Waals surface area contributed by atoms with Crippen LogP contribution in [-0.2, 0) is 4.79 Å². The minimum Gasteiger partial charge on any atom is -0.431 e. The van der Waals surface area contributed by atoms with Crippen molar-refractivity contribution in [3.05, 3.63) is 24.3 Å². The number of benzene rings is 1. The van der Waals surface area contributed by atoms with Crippen molar-refractivity contribution in [1.82, 2.24) is 9.88 Å². The van der Waals surface area contributed by atoms with Crippen molar-refractivity contribution in [3.8, 4) is 0 Å². The van der Waals surface area contributed by atoms with Crippen LogP contribution in [0.4, 0.5) is 0 Å². The van der Waals surface area contributed by atoms with Gasteiger partial charge < -0.3 is 9.32 Å². The summed E-state index contributed by atoms with van der Waals surface area (Å²) < 4.78 is 5.71. The first-order chi connectivity index (χ1) is 11.8. The molecule has 1 saturated heterocycles. The SMILES string of the molecule is O=C(CSc1nc2ccccc2o1)N1CCC[C@@H]1C1CCCCC1. The van der Waals surface area contributed by atoms with E-state index >= 15 is 0 Å². The molecule has 5 heteroatoms. The molecule has 2 heterocycles. The summed E-state index contributed by atoms with van der Waals surface area (Å²) in [7, 11) is 0. The predicted octanol–water partition coefficient (Wildman–Crippen LogP) is 4.49. The Labute approximate surface area is 147 Å². The summed E-state index contributed by atoms with van der Waals surface area (Å²) in [5.74, 6) is 1.39. The van der Waals surface area contributed by atoms with Gasteiger partial charge in [0.2, 0.25) is 5.91 Å². The number of rotatable bonds is 4. The molecule has 24 heavy (non-hydrogen) atoms. The third kappa shape index (κ3) is 3.32. The van der Waals surface area contributed by atoms with Gasteiger partial charge in [0.1, 0.15) is 5.52 Å². The molecule has 0 spiro atoms. The highest BCUT2D eigenvalue weighted by atomic mass is 32.2. The Kier molecular flexibility index (Phi) is 4.79. The second-order valence-corrected chi connectivity index (χ2v) is 7.86. The third-order valence-electron chi connectivity index (χ3n) is 5.41. The molecule has 1 aromatic carbocycles. The molecule has 128 valence electrons. The van der Waals surface area contributed by atoms with Gasteiger partial charge in [0.05, 0.1) is 5.75 Å². The molecule has 0 radical (unpaired) electrons. The summed E-state index contributed by atoms with van der Waals surface area (Å²) in [6.45, 7) is 0.925. The highest BCUT2D eigenvalue weighted by Crippen LogP contribution is 2.35. The van der Waals surface area contributed by atoms with Gasteiger partial charge in [-0.05, 0) is 43.7 Å². The first-order valence-electron chi connectivity index (χ1n) is 9.09. The maximum absolute atomic E-state index is 12.7. The minimum atomic E-state index is 0.246. The van der Waals surface area contributed by atoms with E-state index in [2.05, 4.69) is 9.88 Å². The molecule has 1 aromatic heterocycles. The largest absolute Gasteiger partial charge is 0.431 e. The second-order valence-electron chi connectivity index (χ2n) is 6.93. The Morgan fingerprint density at radius 2 is 2.00 bits per heavy atom. The Morgan fingerprint density at radius 3 is 2.83 bits per heavy atom. The van der Waals surface area contributed by atoms with Crippen molar-refractivity contribution in [3.63, 3.8) is 0 Å². The van der Waals surface area contributed by atoms with Gasteiger partial charge in [-0.25, -0.2) is 4.98 Å². The fourth-order valence-electron chi connectivity index (χ4n) is 4.23. The van der Waals surface area contributed by atoms with Crippen molar-refractivity contribution in [1.29, 1.82) is 0 Å². The van der Waals surface area contributed by atoms with Crippen molar-refractivity contribution in [2.75, 3.05) is 12.3 Å². The van der Waals surface area contributed by atoms with E-state index in [1.54, 1.807) is 0 Å². The lowest BCUT2D eigenvalue weighted by Gasteiger charge is -2.34. The Bertz CT molecular complexity index is 675. The smallest absolute Gasteiger partial charge is 0.257 e. The van der Waals surface area contributed by atoms with E-state index in [1.807, 2.05) is 24.3 Å². The maximum Gasteiger partial charge on any atom is 0.257 e. The quantitative estimate of drug-likeness (QED) is 0.767. The van der Waals surface area contributed by atoms with Crippen LogP contribution < -0.4 is 0 Å². The van der Waals surface area contributed by atoms with Crippen LogP contribution in [0.25, 0.3) is 11.1 Å². The van der Waals surface area contributed by atoms with Gasteiger partial charge in [-0.15, -0.1) is 0 Å². The highest BCUT2D eigenvalue weighted by molar-refractivity contribution is 7.99. The molecule has 0 N–H and O–H groups in total. The number of hydrogen-bond acceptors (Lipinski definition) is 4. The van der Waals surface area contributed by atoms with Crippen LogP contribution in [0.3, 0.4) is 0 Å². The summed E-state index contributed by atoms with van der Waals surface area (Å²) in [6.07, 6.45) is 8.97. The number of amides is 1. The molecular formula is C19H24N2O2S. The first-order valence-corrected chi connectivity index (χ1v) is 10.1. The van der Waals surface area contributed by atoms with E-state index in [4.69, 9.17) is 4.42 Å². The van der Waals surface area contributed by atoms with Gasteiger partial charge in [0, 0.05) is 12.6 Å². The Balaban J connectivity index is 1.37. The van der Waals surface area contributed by atoms with Crippen LogP contribution in [-0.4, -0.2) is 34.1 Å². The zero-order valence-corrected chi connectivity index (χ0v) is 14.8. The number of nitrogens with zero attached hydrogens (tertiary/aromatic N) is 2. The number of carbonyl (C=O) groups is 1. The summed E-state index contributed by atoms with van der Waals surface area (Å²) >= 11 is 1.42. The van der Waals surface area contributed by atoms with E-state index in [9.17, 15) is 4.79 Å². The molecule has 4 rings (SSSR count). The van der Waals surface area contributed by atoms with Gasteiger partial charge in [0.25, 0.3) is 5.22 Å². The van der Waals surface area contributed by atoms with E-state index in [-0.39, 0.29) is 5.91 Å². The number of fused-ring (bicyclic) bond motifs is 1. The number of thioether (sulfide) groups is 1. The van der Waals surface area contributed by atoms with Gasteiger partial charge >= 0.3 is 0 Å². The van der Waals surface area contributed by atoms with Gasteiger partial charge in [-0.3, -0.25) is 4.79 Å². The average Bonchev–Trinajstić information content (AvgIpc) is 3.27. The minimum absolute atomic E-state index is 0.246. The molecule has 2 aliphatic rings. The number of oxazole rings is 1. The number of carbonyl (C=O) groups excluding carboxylic acids is 1. The molecule has 2 fully saturated rings. The summed E-state index contributed by atoms with van der Waals surface area (Å²) in [5.41, 5.74) is 1.64. The second kappa shape index (κ2) is 7.18. The van der Waals surface area contributed by atoms with Crippen LogP contribution >= 0.6 is 11.8 Å². The lowest BCUT2D eigenvalue weighted by Crippen LogP contribution is -2.41. The summed E-state index contributed by atoms with van der Waals surface area (Å²) in [6, 6.07) is 8.20. The van der Waals surface area contributed by atoms with E-state index in [1.165, 1.54) is 50.3 Å². The lowest BCUT2D eigenvalue weighted by molar-refractivity contribution is -0.130. The summed E-state index contributed by atoms with van der Waals surface area (Å²) in [5, 5.41) is 0.595. The average molecular weight is 344 g/mol. The standard InChI is InChI=1S/C19H24N2O2S/c22-18(13-24-19-20-15-9-4-5-11-17(15)23-19)21-12-6-10-16(21)14-7-2-1-3-8-14/h4-5,9,11,14,16H,1-3,6-8,10,12-13H2/t16-/m1/s1. The van der Waals surface area contributed by atoms with Crippen LogP contribution in [0.2, 0.25) is 0 Å². The molecule has 2 aromatic rings. The van der Waals surface area contributed by atoms with E-state index in [0.29, 0.717) is 17.0 Å². The number of likely N-dealkylation sites (tertiary alicyclic amines) is 1. The van der Waals surface area contributed by atoms with Gasteiger partial charge in [0.15, 0.2) is 5.58 Å². The maximum atomic E-state index is 12.7. The van der Waals surface area contributed by atoms with Gasteiger partial charge in [-0.1, -0.05) is 43.2 Å². The van der Waals surface area contributed by atoms with Crippen molar-refractivity contribution in [2.45, 2.75) is 56.2 Å². The topological polar surface area (TPSA) is 46.3 Å². The predicted molar refractivity (Wildman–Crippen MR) is 96.0 cm³/mol. The molecule has 1 aliphatic carbocycles. The Hall–Kier alpha value is -1.49. The van der Waals surface area contributed by atoms with Crippen molar-refractivity contribution >= 4 is 28.8 Å². The fourth-order valence-corrected chi connectivity index (χ4v) is 4.95. The highest BCUT2D eigenvalue weighted by Gasteiger charge is 2.35. The number of hydrogen-bond donors (Lipinski definition) is 0. The van der Waals surface area contributed by atoms with Gasteiger partial charge in [-0.2, -0.15) is 0 Å². The van der Waals surface area contributed by atoms with Crippen molar-refractivity contribution < 1.29 is 9.21 Å². The molecule has 4 nitrogen and oxygen atoms in total. The van der Waals surface area contributed by atoms with E-state index < -0.39 is 0 Å². The van der Waals surface area contributed by atoms with Crippen LogP contribution in [0.1, 0.15) is 44.9 Å². The molecule has 1 saturated carbocycles. The van der Waals surface area contributed by atoms with Crippen LogP contribution in [0.15, 0.2) is 33.9 Å². The van der Waals surface area contributed by atoms with Crippen LogP contribution in [0, 0.1) is 5.92 Å². The number of para-hydroxylation sites is 2. The molecule has 0 unspecified atom stereocenters. The van der Waals surface area contributed by atoms with Crippen LogP contribution in [0.5, 0.6) is 0 Å². The lowest BCUT2D eigenvalue weighted by atomic mass is 9.83. The zero-order chi connectivity index (χ0) is 16.4. The number of aromatic nitrogens is 1. The molecular weight excluding hydrogens is 320 g/mol. The monoisotopic (exact) mass is 344 g/mol. The third-order valence-corrected chi connectivity index (χ3v) is 6.22. The zero-order valence-electron chi connectivity index (χ0n) is 13.9. The molecule has 0 bridgehead atoms. The first kappa shape index (κ1) is 16.0. The normalized spacial score (nSPS) is 22.3. The molecule has 1 atom stereocenters. The fraction of sp³-hybridized carbons (Fsp3) is 0.579. The van der Waals surface area contributed by atoms with Crippen molar-refractivity contribution in [2.24, 2.45) is 5.92 Å². The Morgan fingerprint density at radius 1 is 1.17 bits per heavy atom. The summed E-state index contributed by atoms with van der Waals surface area (Å²) in [4.78, 5) is 19.3. The van der Waals surface area contributed by atoms with E-state index in [0.717, 1.165) is 30.0 Å². The molecule has 1 amide bonds.